The van der Waals surface area contributed by atoms with E-state index in [0.717, 1.165) is 12.8 Å². The number of aliphatic carboxylic acids is 1. The maximum absolute atomic E-state index is 12.5. The smallest absolute Gasteiger partial charge is 0.323 e. The van der Waals surface area contributed by atoms with Crippen molar-refractivity contribution in [1.82, 2.24) is 20.0 Å². The van der Waals surface area contributed by atoms with E-state index >= 15 is 0 Å². The zero-order valence-electron chi connectivity index (χ0n) is 11.8. The highest BCUT2D eigenvalue weighted by Gasteiger charge is 2.39. The van der Waals surface area contributed by atoms with Crippen LogP contribution in [0.3, 0.4) is 0 Å². The molecule has 3 fully saturated rings. The van der Waals surface area contributed by atoms with Crippen LogP contribution < -0.4 is 5.32 Å². The molecule has 21 heavy (non-hydrogen) atoms. The summed E-state index contributed by atoms with van der Waals surface area (Å²) in [4.78, 5) is 39.9. The Morgan fingerprint density at radius 3 is 2.76 bits per heavy atom. The van der Waals surface area contributed by atoms with Crippen molar-refractivity contribution in [2.75, 3.05) is 39.3 Å². The second-order valence-corrected chi connectivity index (χ2v) is 5.98. The second-order valence-electron chi connectivity index (χ2n) is 5.98. The van der Waals surface area contributed by atoms with Crippen LogP contribution in [-0.2, 0) is 4.79 Å². The second kappa shape index (κ2) is 5.42. The highest BCUT2D eigenvalue weighted by molar-refractivity contribution is 5.81. The van der Waals surface area contributed by atoms with Gasteiger partial charge in [0.2, 0.25) is 0 Å². The molecule has 0 radical (unpaired) electrons. The quantitative estimate of drug-likeness (QED) is 0.739. The van der Waals surface area contributed by atoms with Crippen LogP contribution in [0.4, 0.5) is 9.59 Å². The van der Waals surface area contributed by atoms with Gasteiger partial charge in [-0.15, -0.1) is 0 Å². The fraction of sp³-hybridized carbons (Fsp3) is 0.769. The molecule has 0 aromatic heterocycles. The van der Waals surface area contributed by atoms with E-state index in [-0.39, 0.29) is 24.6 Å². The van der Waals surface area contributed by atoms with E-state index in [1.54, 1.807) is 9.80 Å². The monoisotopic (exact) mass is 296 g/mol. The molecule has 116 valence electrons. The molecule has 1 unspecified atom stereocenters. The van der Waals surface area contributed by atoms with Gasteiger partial charge in [-0.05, 0) is 18.8 Å². The van der Waals surface area contributed by atoms with E-state index in [1.807, 2.05) is 0 Å². The molecule has 1 aliphatic carbocycles. The Morgan fingerprint density at radius 2 is 2.10 bits per heavy atom. The number of piperazine rings is 1. The summed E-state index contributed by atoms with van der Waals surface area (Å²) in [5.74, 6) is -0.537. The number of hydrogen-bond donors (Lipinski definition) is 2. The number of nitrogens with one attached hydrogen (secondary N) is 1. The lowest BCUT2D eigenvalue weighted by atomic mass is 10.2. The first-order valence-corrected chi connectivity index (χ1v) is 7.34. The number of carbonyl (C=O) groups excluding carboxylic acids is 2. The summed E-state index contributed by atoms with van der Waals surface area (Å²) in [5.41, 5.74) is 0. The molecular formula is C13H20N4O4. The fourth-order valence-corrected chi connectivity index (χ4v) is 2.96. The molecule has 2 N–H and O–H groups in total. The van der Waals surface area contributed by atoms with Gasteiger partial charge in [-0.25, -0.2) is 9.59 Å². The van der Waals surface area contributed by atoms with Crippen molar-refractivity contribution in [3.63, 3.8) is 0 Å². The first kappa shape index (κ1) is 14.0. The summed E-state index contributed by atoms with van der Waals surface area (Å²) in [7, 11) is 0. The average molecular weight is 296 g/mol. The Kier molecular flexibility index (Phi) is 3.60. The molecule has 1 saturated carbocycles. The zero-order chi connectivity index (χ0) is 15.0. The van der Waals surface area contributed by atoms with Gasteiger partial charge in [0.15, 0.2) is 0 Å². The number of fused-ring (bicyclic) bond motifs is 1. The third-order valence-electron chi connectivity index (χ3n) is 4.28. The van der Waals surface area contributed by atoms with Crippen LogP contribution in [0.2, 0.25) is 0 Å². The molecule has 0 spiro atoms. The summed E-state index contributed by atoms with van der Waals surface area (Å²) < 4.78 is 0. The Morgan fingerprint density at radius 1 is 1.33 bits per heavy atom. The van der Waals surface area contributed by atoms with Gasteiger partial charge in [0, 0.05) is 32.7 Å². The minimum Gasteiger partial charge on any atom is -0.480 e. The predicted octanol–water partition coefficient (Wildman–Crippen LogP) is -0.388. The molecule has 2 saturated heterocycles. The van der Waals surface area contributed by atoms with Gasteiger partial charge in [0.05, 0.1) is 6.04 Å². The first-order valence-electron chi connectivity index (χ1n) is 7.34. The number of urea groups is 2. The number of nitrogens with zero attached hydrogens (tertiary/aromatic N) is 3. The summed E-state index contributed by atoms with van der Waals surface area (Å²) in [6.45, 7) is 2.25. The summed E-state index contributed by atoms with van der Waals surface area (Å²) in [5, 5.41) is 11.7. The van der Waals surface area contributed by atoms with Crippen LogP contribution >= 0.6 is 0 Å². The molecule has 1 atom stereocenters. The van der Waals surface area contributed by atoms with Crippen LogP contribution in [-0.4, -0.2) is 83.1 Å². The van der Waals surface area contributed by atoms with Crippen LogP contribution in [0, 0.1) is 5.92 Å². The molecule has 8 nitrogen and oxygen atoms in total. The van der Waals surface area contributed by atoms with Crippen molar-refractivity contribution in [2.24, 2.45) is 5.92 Å². The predicted molar refractivity (Wildman–Crippen MR) is 72.8 cm³/mol. The van der Waals surface area contributed by atoms with E-state index < -0.39 is 5.97 Å². The zero-order valence-corrected chi connectivity index (χ0v) is 11.8. The van der Waals surface area contributed by atoms with Gasteiger partial charge >= 0.3 is 18.0 Å². The normalized spacial score (nSPS) is 24.6. The standard InChI is InChI=1S/C13H20N4O4/c18-11(19)8-16(6-9-1-2-9)13(21)15-3-4-17-10(7-15)5-14-12(17)20/h9-10H,1-8H2,(H,14,20)(H,18,19). The molecule has 2 aliphatic heterocycles. The van der Waals surface area contributed by atoms with Crippen molar-refractivity contribution < 1.29 is 19.5 Å². The maximum Gasteiger partial charge on any atom is 0.323 e. The number of carbonyl (C=O) groups is 3. The van der Waals surface area contributed by atoms with E-state index in [0.29, 0.717) is 38.6 Å². The Balaban J connectivity index is 1.62. The number of hydrogen-bond acceptors (Lipinski definition) is 3. The molecule has 3 aliphatic rings. The highest BCUT2D eigenvalue weighted by Crippen LogP contribution is 2.30. The van der Waals surface area contributed by atoms with E-state index in [4.69, 9.17) is 5.11 Å². The third kappa shape index (κ3) is 3.03. The van der Waals surface area contributed by atoms with Crippen LogP contribution in [0.5, 0.6) is 0 Å². The van der Waals surface area contributed by atoms with Crippen molar-refractivity contribution in [1.29, 1.82) is 0 Å². The van der Waals surface area contributed by atoms with Gasteiger partial charge in [-0.1, -0.05) is 0 Å². The van der Waals surface area contributed by atoms with Crippen molar-refractivity contribution in [3.8, 4) is 0 Å². The van der Waals surface area contributed by atoms with Gasteiger partial charge in [-0.2, -0.15) is 0 Å². The largest absolute Gasteiger partial charge is 0.480 e. The van der Waals surface area contributed by atoms with Crippen molar-refractivity contribution in [2.45, 2.75) is 18.9 Å². The van der Waals surface area contributed by atoms with E-state index in [1.165, 1.54) is 4.90 Å². The lowest BCUT2D eigenvalue weighted by Gasteiger charge is -2.38. The van der Waals surface area contributed by atoms with Crippen LogP contribution in [0.1, 0.15) is 12.8 Å². The van der Waals surface area contributed by atoms with Crippen molar-refractivity contribution >= 4 is 18.0 Å². The van der Waals surface area contributed by atoms with Crippen molar-refractivity contribution in [3.05, 3.63) is 0 Å². The molecular weight excluding hydrogens is 276 g/mol. The van der Waals surface area contributed by atoms with Crippen LogP contribution in [0.25, 0.3) is 0 Å². The first-order chi connectivity index (χ1) is 10.0. The molecule has 3 rings (SSSR count). The Bertz CT molecular complexity index is 465. The number of rotatable bonds is 4. The topological polar surface area (TPSA) is 93.2 Å². The SMILES string of the molecule is O=C(O)CN(CC1CC1)C(=O)N1CCN2C(=O)NCC2C1. The minimum atomic E-state index is -0.986. The number of amides is 4. The van der Waals surface area contributed by atoms with E-state index in [9.17, 15) is 14.4 Å². The molecule has 8 heteroatoms. The lowest BCUT2D eigenvalue weighted by Crippen LogP contribution is -2.57. The Labute approximate surface area is 122 Å². The highest BCUT2D eigenvalue weighted by atomic mass is 16.4. The summed E-state index contributed by atoms with van der Waals surface area (Å²) in [6.07, 6.45) is 2.14. The summed E-state index contributed by atoms with van der Waals surface area (Å²) in [6, 6.07) is -0.293. The summed E-state index contributed by atoms with van der Waals surface area (Å²) >= 11 is 0. The molecule has 0 aromatic carbocycles. The Hall–Kier alpha value is -1.99. The van der Waals surface area contributed by atoms with Gasteiger partial charge < -0.3 is 25.1 Å². The maximum atomic E-state index is 12.5. The minimum absolute atomic E-state index is 0.00260. The van der Waals surface area contributed by atoms with Crippen LogP contribution in [0.15, 0.2) is 0 Å². The van der Waals surface area contributed by atoms with Gasteiger partial charge in [0.25, 0.3) is 0 Å². The molecule has 2 heterocycles. The van der Waals surface area contributed by atoms with Gasteiger partial charge in [0.1, 0.15) is 6.54 Å². The average Bonchev–Trinajstić information content (AvgIpc) is 3.19. The molecule has 0 bridgehead atoms. The van der Waals surface area contributed by atoms with E-state index in [2.05, 4.69) is 5.32 Å². The lowest BCUT2D eigenvalue weighted by molar-refractivity contribution is -0.137. The fourth-order valence-electron chi connectivity index (χ4n) is 2.96. The number of carboxylic acids is 1. The molecule has 0 aromatic rings. The van der Waals surface area contributed by atoms with Gasteiger partial charge in [-0.3, -0.25) is 4.79 Å². The molecule has 4 amide bonds. The third-order valence-corrected chi connectivity index (χ3v) is 4.28. The number of carboxylic acid groups (broad SMARTS) is 1.